The van der Waals surface area contributed by atoms with Crippen molar-refractivity contribution in [1.82, 2.24) is 9.61 Å². The zero-order valence-electron chi connectivity index (χ0n) is 10.5. The summed E-state index contributed by atoms with van der Waals surface area (Å²) < 4.78 is 20.6. The molecule has 0 unspecified atom stereocenters. The average molecular weight is 307 g/mol. The van der Waals surface area contributed by atoms with Gasteiger partial charge in [-0.3, -0.25) is 0 Å². The first-order valence-electron chi connectivity index (χ1n) is 5.90. The Labute approximate surface area is 123 Å². The molecule has 2 aromatic heterocycles. The van der Waals surface area contributed by atoms with Gasteiger partial charge in [-0.05, 0) is 30.3 Å². The summed E-state index contributed by atoms with van der Waals surface area (Å²) >= 11 is 5.66. The number of carboxylic acid groups (broad SMARTS) is 1. The molecule has 106 valence electrons. The van der Waals surface area contributed by atoms with E-state index in [9.17, 15) is 14.3 Å². The maximum atomic E-state index is 13.8. The number of benzene rings is 1. The summed E-state index contributed by atoms with van der Waals surface area (Å²) in [5, 5.41) is 13.1. The lowest BCUT2D eigenvalue weighted by atomic mass is 10.2. The Morgan fingerprint density at radius 3 is 2.90 bits per heavy atom. The normalized spacial score (nSPS) is 10.8. The van der Waals surface area contributed by atoms with Gasteiger partial charge in [-0.25, -0.2) is 13.7 Å². The molecule has 0 bridgehead atoms. The molecule has 21 heavy (non-hydrogen) atoms. The van der Waals surface area contributed by atoms with Gasteiger partial charge in [0.25, 0.3) is 5.88 Å². The zero-order chi connectivity index (χ0) is 15.0. The third-order valence-electron chi connectivity index (χ3n) is 2.83. The number of halogens is 2. The Morgan fingerprint density at radius 1 is 1.33 bits per heavy atom. The van der Waals surface area contributed by atoms with Gasteiger partial charge in [0.05, 0.1) is 10.5 Å². The van der Waals surface area contributed by atoms with Crippen LogP contribution in [0.3, 0.4) is 0 Å². The number of carbonyl (C=O) groups is 1. The SMILES string of the molecule is O=C(O)c1cc2cccn2nc1Oc1cccc(Cl)c1F. The standard InChI is InChI=1S/C14H8ClFN2O3/c15-10-4-1-5-11(12(10)16)21-13-9(14(19)20)7-8-3-2-6-18(8)17-13/h1-7H,(H,19,20). The Kier molecular flexibility index (Phi) is 3.23. The lowest BCUT2D eigenvalue weighted by molar-refractivity contribution is 0.0693. The van der Waals surface area contributed by atoms with Crippen LogP contribution >= 0.6 is 11.6 Å². The van der Waals surface area contributed by atoms with Crippen LogP contribution in [0, 0.1) is 5.82 Å². The van der Waals surface area contributed by atoms with Crippen molar-refractivity contribution >= 4 is 23.1 Å². The van der Waals surface area contributed by atoms with Crippen molar-refractivity contribution in [2.75, 3.05) is 0 Å². The first-order chi connectivity index (χ1) is 10.1. The van der Waals surface area contributed by atoms with Crippen LogP contribution in [0.1, 0.15) is 10.4 Å². The van der Waals surface area contributed by atoms with E-state index >= 15 is 0 Å². The van der Waals surface area contributed by atoms with E-state index in [-0.39, 0.29) is 22.2 Å². The maximum Gasteiger partial charge on any atom is 0.341 e. The number of hydrogen-bond donors (Lipinski definition) is 1. The number of hydrogen-bond acceptors (Lipinski definition) is 3. The summed E-state index contributed by atoms with van der Waals surface area (Å²) in [4.78, 5) is 11.3. The van der Waals surface area contributed by atoms with Gasteiger partial charge in [0.15, 0.2) is 11.6 Å². The van der Waals surface area contributed by atoms with Gasteiger partial charge in [0.1, 0.15) is 5.56 Å². The molecule has 0 radical (unpaired) electrons. The lowest BCUT2D eigenvalue weighted by Gasteiger charge is -2.09. The second kappa shape index (κ2) is 5.06. The highest BCUT2D eigenvalue weighted by molar-refractivity contribution is 6.30. The summed E-state index contributed by atoms with van der Waals surface area (Å²) in [6, 6.07) is 9.00. The van der Waals surface area contributed by atoms with Gasteiger partial charge in [-0.1, -0.05) is 17.7 Å². The summed E-state index contributed by atoms with van der Waals surface area (Å²) in [5.41, 5.74) is 0.423. The van der Waals surface area contributed by atoms with Crippen molar-refractivity contribution in [1.29, 1.82) is 0 Å². The zero-order valence-corrected chi connectivity index (χ0v) is 11.2. The topological polar surface area (TPSA) is 63.8 Å². The van der Waals surface area contributed by atoms with E-state index in [0.29, 0.717) is 5.52 Å². The van der Waals surface area contributed by atoms with Crippen LogP contribution in [0.4, 0.5) is 4.39 Å². The molecule has 7 heteroatoms. The van der Waals surface area contributed by atoms with E-state index in [0.717, 1.165) is 0 Å². The molecule has 1 aromatic carbocycles. The van der Waals surface area contributed by atoms with Crippen molar-refractivity contribution < 1.29 is 19.0 Å². The molecular weight excluding hydrogens is 299 g/mol. The fraction of sp³-hybridized carbons (Fsp3) is 0. The minimum Gasteiger partial charge on any atom is -0.477 e. The van der Waals surface area contributed by atoms with Crippen molar-refractivity contribution in [3.8, 4) is 11.6 Å². The Balaban J connectivity index is 2.12. The third kappa shape index (κ3) is 2.41. The number of aromatic nitrogens is 2. The molecule has 0 atom stereocenters. The molecule has 2 heterocycles. The molecule has 0 fully saturated rings. The molecule has 0 aliphatic rings. The molecule has 5 nitrogen and oxygen atoms in total. The quantitative estimate of drug-likeness (QED) is 0.802. The number of nitrogens with zero attached hydrogens (tertiary/aromatic N) is 2. The average Bonchev–Trinajstić information content (AvgIpc) is 2.90. The molecule has 0 aliphatic heterocycles. The van der Waals surface area contributed by atoms with E-state index in [1.54, 1.807) is 18.3 Å². The summed E-state index contributed by atoms with van der Waals surface area (Å²) in [6.07, 6.45) is 1.63. The van der Waals surface area contributed by atoms with Gasteiger partial charge < -0.3 is 9.84 Å². The highest BCUT2D eigenvalue weighted by atomic mass is 35.5. The molecule has 0 spiro atoms. The van der Waals surface area contributed by atoms with E-state index in [1.165, 1.54) is 28.8 Å². The van der Waals surface area contributed by atoms with Gasteiger partial charge >= 0.3 is 5.97 Å². The van der Waals surface area contributed by atoms with Crippen molar-refractivity contribution in [3.05, 3.63) is 59.0 Å². The van der Waals surface area contributed by atoms with Gasteiger partial charge in [-0.15, -0.1) is 5.10 Å². The second-order valence-electron chi connectivity index (χ2n) is 4.20. The van der Waals surface area contributed by atoms with E-state index in [2.05, 4.69) is 5.10 Å². The predicted molar refractivity (Wildman–Crippen MR) is 73.6 cm³/mol. The monoisotopic (exact) mass is 306 g/mol. The van der Waals surface area contributed by atoms with Crippen LogP contribution in [0.15, 0.2) is 42.6 Å². The molecule has 0 saturated heterocycles. The molecule has 0 saturated carbocycles. The van der Waals surface area contributed by atoms with Crippen LogP contribution in [-0.4, -0.2) is 20.7 Å². The fourth-order valence-corrected chi connectivity index (χ4v) is 2.01. The Morgan fingerprint density at radius 2 is 2.14 bits per heavy atom. The van der Waals surface area contributed by atoms with Crippen LogP contribution in [0.5, 0.6) is 11.6 Å². The van der Waals surface area contributed by atoms with E-state index in [4.69, 9.17) is 16.3 Å². The van der Waals surface area contributed by atoms with Gasteiger partial charge in [0.2, 0.25) is 0 Å². The number of fused-ring (bicyclic) bond motifs is 1. The van der Waals surface area contributed by atoms with Crippen molar-refractivity contribution in [2.45, 2.75) is 0 Å². The molecule has 1 N–H and O–H groups in total. The lowest BCUT2D eigenvalue weighted by Crippen LogP contribution is -2.05. The Hall–Kier alpha value is -2.60. The molecule has 0 amide bonds. The largest absolute Gasteiger partial charge is 0.477 e. The number of carboxylic acids is 1. The molecular formula is C14H8ClFN2O3. The minimum atomic E-state index is -1.22. The smallest absolute Gasteiger partial charge is 0.341 e. The molecule has 3 aromatic rings. The van der Waals surface area contributed by atoms with E-state index in [1.807, 2.05) is 0 Å². The van der Waals surface area contributed by atoms with Crippen LogP contribution in [0.25, 0.3) is 5.52 Å². The molecule has 0 aliphatic carbocycles. The summed E-state index contributed by atoms with van der Waals surface area (Å²) in [6.45, 7) is 0. The van der Waals surface area contributed by atoms with Crippen molar-refractivity contribution in [3.63, 3.8) is 0 Å². The van der Waals surface area contributed by atoms with Gasteiger partial charge in [-0.2, -0.15) is 0 Å². The van der Waals surface area contributed by atoms with Crippen LogP contribution in [0.2, 0.25) is 5.02 Å². The first kappa shape index (κ1) is 13.4. The minimum absolute atomic E-state index is 0.119. The Bertz CT molecular complexity index is 847. The van der Waals surface area contributed by atoms with Gasteiger partial charge in [0, 0.05) is 6.20 Å². The van der Waals surface area contributed by atoms with E-state index < -0.39 is 11.8 Å². The number of aromatic carboxylic acids is 1. The predicted octanol–water partition coefficient (Wildman–Crippen LogP) is 3.62. The highest BCUT2D eigenvalue weighted by Crippen LogP contribution is 2.30. The second-order valence-corrected chi connectivity index (χ2v) is 4.61. The number of ether oxygens (including phenoxy) is 1. The molecule has 3 rings (SSSR count). The van der Waals surface area contributed by atoms with Crippen LogP contribution < -0.4 is 4.74 Å². The summed E-state index contributed by atoms with van der Waals surface area (Å²) in [7, 11) is 0. The summed E-state index contributed by atoms with van der Waals surface area (Å²) in [5.74, 6) is -2.40. The number of rotatable bonds is 3. The third-order valence-corrected chi connectivity index (χ3v) is 3.13. The van der Waals surface area contributed by atoms with Crippen LogP contribution in [-0.2, 0) is 0 Å². The van der Waals surface area contributed by atoms with Crippen molar-refractivity contribution in [2.24, 2.45) is 0 Å². The first-order valence-corrected chi connectivity index (χ1v) is 6.27. The maximum absolute atomic E-state index is 13.8. The highest BCUT2D eigenvalue weighted by Gasteiger charge is 2.18. The fourth-order valence-electron chi connectivity index (χ4n) is 1.85.